The van der Waals surface area contributed by atoms with Gasteiger partial charge in [-0.1, -0.05) is 39.0 Å². The zero-order valence-corrected chi connectivity index (χ0v) is 16.1. The highest BCUT2D eigenvalue weighted by Gasteiger charge is 2.35. The second kappa shape index (κ2) is 6.55. The van der Waals surface area contributed by atoms with Crippen LogP contribution in [0.4, 0.5) is 0 Å². The number of para-hydroxylation sites is 1. The van der Waals surface area contributed by atoms with Gasteiger partial charge in [0.1, 0.15) is 4.90 Å². The molecule has 0 amide bonds. The van der Waals surface area contributed by atoms with Crippen molar-refractivity contribution in [3.63, 3.8) is 0 Å². The third-order valence-electron chi connectivity index (χ3n) is 4.49. The number of benzene rings is 1. The van der Waals surface area contributed by atoms with E-state index in [1.54, 1.807) is 15.2 Å². The molecular weight excluding hydrogens is 336 g/mol. The van der Waals surface area contributed by atoms with Crippen LogP contribution >= 0.6 is 0 Å². The van der Waals surface area contributed by atoms with Gasteiger partial charge in [-0.25, -0.2) is 13.1 Å². The molecule has 1 fully saturated rings. The maximum Gasteiger partial charge on any atom is 0.246 e. The van der Waals surface area contributed by atoms with Crippen molar-refractivity contribution in [2.75, 3.05) is 33.2 Å². The third-order valence-corrected chi connectivity index (χ3v) is 6.39. The Labute approximate surface area is 150 Å². The first-order valence-corrected chi connectivity index (χ1v) is 9.98. The predicted molar refractivity (Wildman–Crippen MR) is 98.5 cm³/mol. The molecule has 0 radical (unpaired) electrons. The highest BCUT2D eigenvalue weighted by Crippen LogP contribution is 2.31. The molecule has 2 aromatic rings. The van der Waals surface area contributed by atoms with Crippen molar-refractivity contribution in [1.82, 2.24) is 19.0 Å². The zero-order valence-electron chi connectivity index (χ0n) is 15.3. The van der Waals surface area contributed by atoms with Crippen LogP contribution in [0.25, 0.3) is 5.69 Å². The summed E-state index contributed by atoms with van der Waals surface area (Å²) >= 11 is 0. The normalized spacial score (nSPS) is 17.8. The predicted octanol–water partition coefficient (Wildman–Crippen LogP) is 2.11. The second-order valence-electron chi connectivity index (χ2n) is 7.58. The first-order chi connectivity index (χ1) is 11.7. The van der Waals surface area contributed by atoms with E-state index in [4.69, 9.17) is 0 Å². The fraction of sp³-hybridized carbons (Fsp3) is 0.500. The number of rotatable bonds is 3. The number of likely N-dealkylation sites (N-methyl/N-ethyl adjacent to an activating group) is 1. The standard InChI is InChI=1S/C18H26N4O2S/c1-18(2,3)17-16(14-22(19-17)15-8-6-5-7-9-15)25(23,24)21-12-10-20(4)11-13-21/h5-9,14H,10-13H2,1-4H3. The molecule has 0 spiro atoms. The van der Waals surface area contributed by atoms with Gasteiger partial charge in [0.05, 0.1) is 17.6 Å². The molecule has 6 nitrogen and oxygen atoms in total. The molecule has 1 aliphatic rings. The smallest absolute Gasteiger partial charge is 0.246 e. The van der Waals surface area contributed by atoms with Gasteiger partial charge >= 0.3 is 0 Å². The maximum atomic E-state index is 13.3. The summed E-state index contributed by atoms with van der Waals surface area (Å²) in [5.41, 5.74) is 1.10. The highest BCUT2D eigenvalue weighted by molar-refractivity contribution is 7.89. The molecule has 2 heterocycles. The van der Waals surface area contributed by atoms with Gasteiger partial charge in [-0.05, 0) is 19.2 Å². The quantitative estimate of drug-likeness (QED) is 0.839. The molecule has 1 aromatic heterocycles. The van der Waals surface area contributed by atoms with Gasteiger partial charge in [-0.3, -0.25) is 0 Å². The summed E-state index contributed by atoms with van der Waals surface area (Å²) in [6.45, 7) is 8.50. The topological polar surface area (TPSA) is 58.4 Å². The lowest BCUT2D eigenvalue weighted by molar-refractivity contribution is 0.222. The van der Waals surface area contributed by atoms with E-state index >= 15 is 0 Å². The Morgan fingerprint density at radius 1 is 1.00 bits per heavy atom. The van der Waals surface area contributed by atoms with Gasteiger partial charge in [0.2, 0.25) is 10.0 Å². The number of hydrogen-bond donors (Lipinski definition) is 0. The molecule has 7 heteroatoms. The zero-order chi connectivity index (χ0) is 18.2. The fourth-order valence-electron chi connectivity index (χ4n) is 2.95. The Kier molecular flexibility index (Phi) is 4.74. The van der Waals surface area contributed by atoms with Gasteiger partial charge in [0.15, 0.2) is 0 Å². The van der Waals surface area contributed by atoms with E-state index in [0.29, 0.717) is 23.7 Å². The SMILES string of the molecule is CN1CCN(S(=O)(=O)c2cn(-c3ccccc3)nc2C(C)(C)C)CC1. The van der Waals surface area contributed by atoms with Crippen LogP contribution in [0.15, 0.2) is 41.4 Å². The minimum absolute atomic E-state index is 0.313. The number of aromatic nitrogens is 2. The van der Waals surface area contributed by atoms with Crippen LogP contribution in [0.3, 0.4) is 0 Å². The lowest BCUT2D eigenvalue weighted by Gasteiger charge is -2.32. The third kappa shape index (κ3) is 3.63. The molecular formula is C18H26N4O2S. The summed E-state index contributed by atoms with van der Waals surface area (Å²) in [6.07, 6.45) is 1.66. The van der Waals surface area contributed by atoms with Gasteiger partial charge in [-0.15, -0.1) is 0 Å². The summed E-state index contributed by atoms with van der Waals surface area (Å²) in [7, 11) is -1.55. The van der Waals surface area contributed by atoms with E-state index in [9.17, 15) is 8.42 Å². The van der Waals surface area contributed by atoms with Gasteiger partial charge in [-0.2, -0.15) is 9.40 Å². The van der Waals surface area contributed by atoms with E-state index < -0.39 is 10.0 Å². The Morgan fingerprint density at radius 2 is 1.60 bits per heavy atom. The fourth-order valence-corrected chi connectivity index (χ4v) is 4.69. The summed E-state index contributed by atoms with van der Waals surface area (Å²) in [4.78, 5) is 2.46. The van der Waals surface area contributed by atoms with Gasteiger partial charge in [0, 0.05) is 31.6 Å². The van der Waals surface area contributed by atoms with Crippen molar-refractivity contribution < 1.29 is 8.42 Å². The number of piperazine rings is 1. The average Bonchev–Trinajstić information content (AvgIpc) is 3.02. The molecule has 0 N–H and O–H groups in total. The van der Waals surface area contributed by atoms with Crippen LogP contribution in [0.1, 0.15) is 26.5 Å². The van der Waals surface area contributed by atoms with Crippen molar-refractivity contribution in [2.45, 2.75) is 31.1 Å². The average molecular weight is 362 g/mol. The summed E-state index contributed by atoms with van der Waals surface area (Å²) in [5, 5.41) is 4.63. The molecule has 25 heavy (non-hydrogen) atoms. The van der Waals surface area contributed by atoms with Crippen molar-refractivity contribution >= 4 is 10.0 Å². The Morgan fingerprint density at radius 3 is 2.16 bits per heavy atom. The van der Waals surface area contributed by atoms with Crippen molar-refractivity contribution in [3.05, 3.63) is 42.2 Å². The Bertz CT molecular complexity index is 830. The molecule has 136 valence electrons. The molecule has 0 unspecified atom stereocenters. The molecule has 1 saturated heterocycles. The highest BCUT2D eigenvalue weighted by atomic mass is 32.2. The monoisotopic (exact) mass is 362 g/mol. The number of hydrogen-bond acceptors (Lipinski definition) is 4. The molecule has 0 saturated carbocycles. The molecule has 0 bridgehead atoms. The first-order valence-electron chi connectivity index (χ1n) is 8.54. The molecule has 1 aliphatic heterocycles. The lowest BCUT2D eigenvalue weighted by Crippen LogP contribution is -2.47. The van der Waals surface area contributed by atoms with Gasteiger partial charge < -0.3 is 4.90 Å². The van der Waals surface area contributed by atoms with E-state index in [1.165, 1.54) is 0 Å². The van der Waals surface area contributed by atoms with E-state index in [1.807, 2.05) is 58.2 Å². The maximum absolute atomic E-state index is 13.3. The lowest BCUT2D eigenvalue weighted by atomic mass is 9.92. The largest absolute Gasteiger partial charge is 0.304 e. The van der Waals surface area contributed by atoms with E-state index in [0.717, 1.165) is 18.8 Å². The second-order valence-corrected chi connectivity index (χ2v) is 9.49. The van der Waals surface area contributed by atoms with E-state index in [-0.39, 0.29) is 5.41 Å². The number of sulfonamides is 1. The minimum Gasteiger partial charge on any atom is -0.304 e. The first kappa shape index (κ1) is 18.1. The Balaban J connectivity index is 2.06. The minimum atomic E-state index is -3.56. The van der Waals surface area contributed by atoms with Crippen molar-refractivity contribution in [3.8, 4) is 5.69 Å². The molecule has 1 aromatic carbocycles. The number of nitrogens with zero attached hydrogens (tertiary/aromatic N) is 4. The van der Waals surface area contributed by atoms with Crippen LogP contribution < -0.4 is 0 Å². The van der Waals surface area contributed by atoms with Crippen LogP contribution in [-0.4, -0.2) is 60.6 Å². The van der Waals surface area contributed by atoms with Crippen LogP contribution in [-0.2, 0) is 15.4 Å². The Hall–Kier alpha value is -1.70. The van der Waals surface area contributed by atoms with Crippen LogP contribution in [0.2, 0.25) is 0 Å². The van der Waals surface area contributed by atoms with E-state index in [2.05, 4.69) is 10.00 Å². The van der Waals surface area contributed by atoms with Crippen LogP contribution in [0.5, 0.6) is 0 Å². The summed E-state index contributed by atoms with van der Waals surface area (Å²) in [5.74, 6) is 0. The molecule has 0 aliphatic carbocycles. The molecule has 3 rings (SSSR count). The van der Waals surface area contributed by atoms with Crippen molar-refractivity contribution in [1.29, 1.82) is 0 Å². The van der Waals surface area contributed by atoms with Crippen molar-refractivity contribution in [2.24, 2.45) is 0 Å². The van der Waals surface area contributed by atoms with Gasteiger partial charge in [0.25, 0.3) is 0 Å². The summed E-state index contributed by atoms with van der Waals surface area (Å²) in [6, 6.07) is 9.61. The summed E-state index contributed by atoms with van der Waals surface area (Å²) < 4.78 is 29.8. The van der Waals surface area contributed by atoms with Crippen LogP contribution in [0, 0.1) is 0 Å². The molecule has 0 atom stereocenters.